The van der Waals surface area contributed by atoms with Crippen LogP contribution in [-0.2, 0) is 22.9 Å². The number of nitrogens with zero attached hydrogens (tertiary/aromatic N) is 7. The van der Waals surface area contributed by atoms with Gasteiger partial charge in [-0.1, -0.05) is 19.9 Å². The molecule has 4 heterocycles. The molecule has 200 valence electrons. The van der Waals surface area contributed by atoms with Gasteiger partial charge < -0.3 is 10.1 Å². The third kappa shape index (κ3) is 5.19. The van der Waals surface area contributed by atoms with E-state index in [1.54, 1.807) is 23.9 Å². The molecule has 5 rings (SSSR count). The smallest absolute Gasteiger partial charge is 0.294 e. The molecule has 0 bridgehead atoms. The van der Waals surface area contributed by atoms with Crippen molar-refractivity contribution < 1.29 is 14.6 Å². The van der Waals surface area contributed by atoms with Crippen molar-refractivity contribution in [3.8, 4) is 17.3 Å². The molecule has 38 heavy (non-hydrogen) atoms. The summed E-state index contributed by atoms with van der Waals surface area (Å²) in [6, 6.07) is 3.08. The molecule has 12 nitrogen and oxygen atoms in total. The van der Waals surface area contributed by atoms with E-state index in [-0.39, 0.29) is 30.3 Å². The van der Waals surface area contributed by atoms with Gasteiger partial charge >= 0.3 is 0 Å². The highest BCUT2D eigenvalue weighted by Gasteiger charge is 2.31. The highest BCUT2D eigenvalue weighted by molar-refractivity contribution is 7.90. The maximum Gasteiger partial charge on any atom is 0.294 e. The van der Waals surface area contributed by atoms with Gasteiger partial charge in [0.2, 0.25) is 5.88 Å². The van der Waals surface area contributed by atoms with Crippen molar-refractivity contribution in [2.24, 2.45) is 5.92 Å². The molecule has 1 fully saturated rings. The second kappa shape index (κ2) is 10.0. The van der Waals surface area contributed by atoms with Gasteiger partial charge in [0.1, 0.15) is 17.4 Å². The van der Waals surface area contributed by atoms with Crippen LogP contribution in [0.1, 0.15) is 45.3 Å². The van der Waals surface area contributed by atoms with Crippen molar-refractivity contribution in [1.82, 2.24) is 34.5 Å². The summed E-state index contributed by atoms with van der Waals surface area (Å²) in [6.45, 7) is 4.69. The van der Waals surface area contributed by atoms with Gasteiger partial charge in [0.25, 0.3) is 5.56 Å². The fourth-order valence-corrected chi connectivity index (χ4v) is 4.70. The number of rotatable bonds is 9. The zero-order chi connectivity index (χ0) is 27.0. The van der Waals surface area contributed by atoms with Gasteiger partial charge in [-0.05, 0) is 30.4 Å². The summed E-state index contributed by atoms with van der Waals surface area (Å²) in [5.41, 5.74) is 2.71. The van der Waals surface area contributed by atoms with Crippen LogP contribution in [0.2, 0.25) is 0 Å². The van der Waals surface area contributed by atoms with E-state index in [9.17, 15) is 13.2 Å². The number of nitrogens with one attached hydrogen (secondary N) is 1. The quantitative estimate of drug-likeness (QED) is 0.334. The highest BCUT2D eigenvalue weighted by atomic mass is 32.2. The number of hydrogen-bond acceptors (Lipinski definition) is 11. The molecule has 1 saturated carbocycles. The van der Waals surface area contributed by atoms with E-state index in [1.165, 1.54) is 18.6 Å². The Morgan fingerprint density at radius 3 is 2.55 bits per heavy atom. The summed E-state index contributed by atoms with van der Waals surface area (Å²) in [6.07, 6.45) is 7.69. The van der Waals surface area contributed by atoms with E-state index >= 15 is 0 Å². The molecule has 0 atom stereocenters. The molecule has 0 amide bonds. The number of pyridine rings is 1. The Labute approximate surface area is 221 Å². The molecule has 13 heteroatoms. The zero-order valence-electron chi connectivity index (χ0n) is 21.5. The second-order valence-electron chi connectivity index (χ2n) is 9.72. The fourth-order valence-electron chi connectivity index (χ4n) is 4.14. The molecular formula is C25H30N8O4S. The Morgan fingerprint density at radius 2 is 1.92 bits per heavy atom. The van der Waals surface area contributed by atoms with Crippen LogP contribution in [0.5, 0.6) is 5.88 Å². The minimum Gasteiger partial charge on any atom is -0.480 e. The van der Waals surface area contributed by atoms with Crippen LogP contribution in [0.15, 0.2) is 40.7 Å². The molecular weight excluding hydrogens is 508 g/mol. The Balaban J connectivity index is 0.00000353. The van der Waals surface area contributed by atoms with Gasteiger partial charge in [-0.2, -0.15) is 0 Å². The lowest BCUT2D eigenvalue weighted by Gasteiger charge is -2.16. The van der Waals surface area contributed by atoms with Crippen LogP contribution in [0.25, 0.3) is 22.6 Å². The minimum absolute atomic E-state index is 0. The van der Waals surface area contributed by atoms with Crippen molar-refractivity contribution in [1.29, 1.82) is 0 Å². The van der Waals surface area contributed by atoms with Gasteiger partial charge in [-0.25, -0.2) is 38.3 Å². The van der Waals surface area contributed by atoms with Crippen LogP contribution in [0.4, 0.5) is 5.82 Å². The van der Waals surface area contributed by atoms with Gasteiger partial charge in [-0.15, -0.1) is 0 Å². The molecule has 0 radical (unpaired) electrons. The predicted octanol–water partition coefficient (Wildman–Crippen LogP) is 2.84. The molecule has 4 aromatic rings. The molecule has 1 N–H and O–H groups in total. The van der Waals surface area contributed by atoms with Gasteiger partial charge in [0.05, 0.1) is 19.0 Å². The third-order valence-corrected chi connectivity index (χ3v) is 7.09. The number of aromatic nitrogens is 7. The van der Waals surface area contributed by atoms with E-state index in [1.807, 2.05) is 13.8 Å². The molecule has 0 unspecified atom stereocenters. The standard InChI is InChI=1S/C25H28N8O4S.H2/c1-14(2)12-33-23-17(11-28-21(32-23)19-20(16-6-7-16)29-13-30-24(19)37-3)31-22(25(33)34)27-10-15-5-8-18(26-9-15)38(4,35)36;/h5,8-9,11,13-14,16H,6-7,10,12H2,1-4H3,(H,27,31);1H. The van der Waals surface area contributed by atoms with E-state index in [4.69, 9.17) is 9.72 Å². The number of hydrogen-bond donors (Lipinski definition) is 1. The van der Waals surface area contributed by atoms with Gasteiger partial charge in [0.15, 0.2) is 32.2 Å². The van der Waals surface area contributed by atoms with Crippen molar-refractivity contribution in [2.45, 2.75) is 50.7 Å². The topological polar surface area (TPSA) is 155 Å². The number of sulfone groups is 1. The van der Waals surface area contributed by atoms with Crippen LogP contribution in [0, 0.1) is 5.92 Å². The van der Waals surface area contributed by atoms with E-state index in [0.717, 1.165) is 24.8 Å². The Bertz CT molecular complexity index is 1670. The number of ether oxygens (including phenoxy) is 1. The summed E-state index contributed by atoms with van der Waals surface area (Å²) in [5, 5.41) is 3.05. The number of anilines is 1. The van der Waals surface area contributed by atoms with Crippen molar-refractivity contribution in [2.75, 3.05) is 18.7 Å². The Hall–Kier alpha value is -4.00. The fraction of sp³-hybridized carbons (Fsp3) is 0.400. The maximum absolute atomic E-state index is 13.5. The minimum atomic E-state index is -3.39. The molecule has 1 aliphatic carbocycles. The molecule has 1 aliphatic rings. The van der Waals surface area contributed by atoms with Crippen molar-refractivity contribution in [3.05, 3.63) is 52.5 Å². The lowest BCUT2D eigenvalue weighted by molar-refractivity contribution is 0.397. The first-order chi connectivity index (χ1) is 18.2. The van der Waals surface area contributed by atoms with E-state index < -0.39 is 9.84 Å². The molecule has 0 saturated heterocycles. The average molecular weight is 539 g/mol. The first-order valence-electron chi connectivity index (χ1n) is 12.2. The number of fused-ring (bicyclic) bond motifs is 1. The molecule has 0 aliphatic heterocycles. The molecule has 0 aromatic carbocycles. The second-order valence-corrected chi connectivity index (χ2v) is 11.7. The zero-order valence-corrected chi connectivity index (χ0v) is 22.4. The first kappa shape index (κ1) is 25.6. The van der Waals surface area contributed by atoms with Crippen LogP contribution in [0.3, 0.4) is 0 Å². The van der Waals surface area contributed by atoms with Crippen LogP contribution in [-0.4, -0.2) is 56.3 Å². The monoisotopic (exact) mass is 538 g/mol. The van der Waals surface area contributed by atoms with Crippen molar-refractivity contribution in [3.63, 3.8) is 0 Å². The summed E-state index contributed by atoms with van der Waals surface area (Å²) < 4.78 is 30.4. The lowest BCUT2D eigenvalue weighted by Crippen LogP contribution is -2.28. The average Bonchev–Trinajstić information content (AvgIpc) is 3.74. The molecule has 0 spiro atoms. The SMILES string of the molecule is COc1ncnc(C2CC2)c1-c1ncc2nc(NCc3ccc(S(C)(=O)=O)nc3)c(=O)n(CC(C)C)c2n1.[HH]. The lowest BCUT2D eigenvalue weighted by atomic mass is 10.1. The molecule has 4 aromatic heterocycles. The Kier molecular flexibility index (Phi) is 6.78. The van der Waals surface area contributed by atoms with Crippen LogP contribution >= 0.6 is 0 Å². The summed E-state index contributed by atoms with van der Waals surface area (Å²) in [4.78, 5) is 40.1. The van der Waals surface area contributed by atoms with E-state index in [2.05, 4.69) is 30.2 Å². The number of methoxy groups -OCH3 is 1. The van der Waals surface area contributed by atoms with E-state index in [0.29, 0.717) is 46.5 Å². The Morgan fingerprint density at radius 1 is 1.13 bits per heavy atom. The summed E-state index contributed by atoms with van der Waals surface area (Å²) >= 11 is 0. The highest BCUT2D eigenvalue weighted by Crippen LogP contribution is 2.44. The summed E-state index contributed by atoms with van der Waals surface area (Å²) in [7, 11) is -1.85. The van der Waals surface area contributed by atoms with Crippen molar-refractivity contribution >= 4 is 26.8 Å². The van der Waals surface area contributed by atoms with Gasteiger partial charge in [-0.3, -0.25) is 9.36 Å². The van der Waals surface area contributed by atoms with Gasteiger partial charge in [0, 0.05) is 32.9 Å². The van der Waals surface area contributed by atoms with Crippen LogP contribution < -0.4 is 15.6 Å². The normalized spacial score (nSPS) is 13.7. The summed E-state index contributed by atoms with van der Waals surface area (Å²) in [5.74, 6) is 1.38. The maximum atomic E-state index is 13.5. The predicted molar refractivity (Wildman–Crippen MR) is 143 cm³/mol. The first-order valence-corrected chi connectivity index (χ1v) is 14.1. The largest absolute Gasteiger partial charge is 0.480 e. The third-order valence-electron chi connectivity index (χ3n) is 6.09.